The first-order valence-corrected chi connectivity index (χ1v) is 14.4. The van der Waals surface area contributed by atoms with Gasteiger partial charge < -0.3 is 0 Å². The molecule has 0 nitrogen and oxygen atoms in total. The maximum atomic E-state index is 3.02. The van der Waals surface area contributed by atoms with Crippen molar-refractivity contribution in [2.75, 3.05) is 0 Å². The fraction of sp³-hybridized carbons (Fsp3) is 0.250. The van der Waals surface area contributed by atoms with E-state index < -0.39 is 0 Å². The molecule has 0 aliphatic rings. The van der Waals surface area contributed by atoms with Gasteiger partial charge in [0.05, 0.1) is 0 Å². The Morgan fingerprint density at radius 2 is 0.686 bits per heavy atom. The minimum absolute atomic E-state index is 0. The van der Waals surface area contributed by atoms with Crippen LogP contribution < -0.4 is 21.2 Å². The Kier molecular flexibility index (Phi) is 23.0. The summed E-state index contributed by atoms with van der Waals surface area (Å²) < 4.78 is 0. The summed E-state index contributed by atoms with van der Waals surface area (Å²) in [4.78, 5) is 0. The summed E-state index contributed by atoms with van der Waals surface area (Å²) in [6.07, 6.45) is 5.28. The molecule has 0 N–H and O–H groups in total. The molecular weight excluding hydrogens is 553 g/mol. The fourth-order valence-corrected chi connectivity index (χ4v) is 4.45. The van der Waals surface area contributed by atoms with Crippen LogP contribution >= 0.6 is 17.2 Å². The van der Waals surface area contributed by atoms with Gasteiger partial charge in [0.15, 0.2) is 0 Å². The van der Waals surface area contributed by atoms with Crippen LogP contribution in [0.2, 0.25) is 0 Å². The van der Waals surface area contributed by atoms with E-state index in [0.29, 0.717) is 0 Å². The van der Waals surface area contributed by atoms with Gasteiger partial charge >= 0.3 is 0 Å². The van der Waals surface area contributed by atoms with Gasteiger partial charge in [0, 0.05) is 20.4 Å². The van der Waals surface area contributed by atoms with Crippen LogP contribution in [0.15, 0.2) is 115 Å². The number of benzene rings is 4. The van der Waals surface area contributed by atoms with Gasteiger partial charge in [-0.3, -0.25) is 0 Å². The van der Waals surface area contributed by atoms with E-state index in [-0.39, 0.29) is 20.4 Å². The van der Waals surface area contributed by atoms with Crippen LogP contribution in [-0.4, -0.2) is 0 Å². The van der Waals surface area contributed by atoms with Crippen LogP contribution in [0.4, 0.5) is 0 Å². The zero-order chi connectivity index (χ0) is 24.7. The molecule has 190 valence electrons. The molecule has 4 rings (SSSR count). The summed E-state index contributed by atoms with van der Waals surface area (Å²) in [5.41, 5.74) is 0. The third kappa shape index (κ3) is 18.3. The van der Waals surface area contributed by atoms with E-state index in [0.717, 1.165) is 17.2 Å². The third-order valence-electron chi connectivity index (χ3n) is 4.62. The Balaban J connectivity index is 0.000000499. The molecule has 1 atom stereocenters. The van der Waals surface area contributed by atoms with Crippen molar-refractivity contribution in [2.24, 2.45) is 0 Å². The average molecular weight is 594 g/mol. The normalized spacial score (nSPS) is 9.37. The fourth-order valence-electron chi connectivity index (χ4n) is 2.37. The molecule has 4 aromatic rings. The molecule has 0 radical (unpaired) electrons. The van der Waals surface area contributed by atoms with Crippen molar-refractivity contribution in [3.8, 4) is 0 Å². The van der Waals surface area contributed by atoms with Gasteiger partial charge in [-0.15, -0.1) is 5.30 Å². The monoisotopic (exact) mass is 593 g/mol. The number of rotatable bonds is 6. The Morgan fingerprint density at radius 1 is 0.429 bits per heavy atom. The average Bonchev–Trinajstić information content (AvgIpc) is 2.92. The molecule has 0 heterocycles. The molecular formula is C32H41P2Pd-. The van der Waals surface area contributed by atoms with E-state index in [1.54, 1.807) is 0 Å². The first-order chi connectivity index (χ1) is 16.7. The van der Waals surface area contributed by atoms with Gasteiger partial charge in [0.2, 0.25) is 0 Å². The van der Waals surface area contributed by atoms with E-state index in [2.05, 4.69) is 131 Å². The molecule has 4 aromatic carbocycles. The summed E-state index contributed by atoms with van der Waals surface area (Å²) in [5.74, 6) is 0. The van der Waals surface area contributed by atoms with Gasteiger partial charge in [-0.25, -0.2) is 0 Å². The predicted octanol–water partition coefficient (Wildman–Crippen LogP) is 8.04. The van der Waals surface area contributed by atoms with Crippen LogP contribution in [0, 0.1) is 6.07 Å². The van der Waals surface area contributed by atoms with Crippen molar-refractivity contribution < 1.29 is 20.4 Å². The van der Waals surface area contributed by atoms with Crippen molar-refractivity contribution in [2.45, 2.75) is 53.4 Å². The molecule has 0 bridgehead atoms. The molecule has 0 amide bonds. The van der Waals surface area contributed by atoms with E-state index >= 15 is 0 Å². The number of hydrogen-bond acceptors (Lipinski definition) is 0. The van der Waals surface area contributed by atoms with Gasteiger partial charge in [-0.05, 0) is 15.9 Å². The van der Waals surface area contributed by atoms with E-state index in [9.17, 15) is 0 Å². The first kappa shape index (κ1) is 33.4. The molecule has 0 saturated carbocycles. The quantitative estimate of drug-likeness (QED) is 0.121. The molecule has 0 aromatic heterocycles. The largest absolute Gasteiger partial charge is 0.184 e. The standard InChI is InChI=1S/C12H11P.C12H10P.2C4H10.Pd/c2*1-3-7-11(8-4-1)13-12-9-5-2-6-10-12;2*1-3-4-2;/h1-10,13H;1,3-10,13H;2*3-4H2,1-2H3;/q;-1;;;. The molecule has 0 aliphatic carbocycles. The Bertz CT molecular complexity index is 770. The van der Waals surface area contributed by atoms with Crippen LogP contribution in [0.25, 0.3) is 0 Å². The molecule has 0 aliphatic heterocycles. The van der Waals surface area contributed by atoms with Crippen LogP contribution in [0.5, 0.6) is 0 Å². The predicted molar refractivity (Wildman–Crippen MR) is 161 cm³/mol. The second-order valence-corrected chi connectivity index (χ2v) is 10.4. The van der Waals surface area contributed by atoms with Crippen molar-refractivity contribution >= 4 is 38.4 Å². The summed E-state index contributed by atoms with van der Waals surface area (Å²) in [5, 5.41) is 5.54. The van der Waals surface area contributed by atoms with Crippen molar-refractivity contribution in [1.82, 2.24) is 0 Å². The molecule has 1 unspecified atom stereocenters. The second-order valence-electron chi connectivity index (χ2n) is 7.64. The van der Waals surface area contributed by atoms with Crippen molar-refractivity contribution in [3.05, 3.63) is 121 Å². The van der Waals surface area contributed by atoms with E-state index in [4.69, 9.17) is 0 Å². The Labute approximate surface area is 232 Å². The molecule has 0 fully saturated rings. The van der Waals surface area contributed by atoms with Gasteiger partial charge in [-0.2, -0.15) is 30.3 Å². The van der Waals surface area contributed by atoms with Crippen molar-refractivity contribution in [3.63, 3.8) is 0 Å². The summed E-state index contributed by atoms with van der Waals surface area (Å²) in [7, 11) is 1.53. The first-order valence-electron chi connectivity index (χ1n) is 12.4. The van der Waals surface area contributed by atoms with Crippen LogP contribution in [0.3, 0.4) is 0 Å². The zero-order valence-electron chi connectivity index (χ0n) is 21.6. The topological polar surface area (TPSA) is 0 Å². The minimum atomic E-state index is 0. The van der Waals surface area contributed by atoms with E-state index in [1.165, 1.54) is 46.9 Å². The number of unbranched alkanes of at least 4 members (excludes halogenated alkanes) is 2. The zero-order valence-corrected chi connectivity index (χ0v) is 25.2. The van der Waals surface area contributed by atoms with E-state index in [1.807, 2.05) is 18.2 Å². The molecule has 0 spiro atoms. The molecule has 0 saturated heterocycles. The maximum absolute atomic E-state index is 3.02. The van der Waals surface area contributed by atoms with Gasteiger partial charge in [-0.1, -0.05) is 162 Å². The van der Waals surface area contributed by atoms with Crippen molar-refractivity contribution in [1.29, 1.82) is 0 Å². The second kappa shape index (κ2) is 24.1. The molecule has 35 heavy (non-hydrogen) atoms. The summed E-state index contributed by atoms with van der Waals surface area (Å²) >= 11 is 0. The smallest absolute Gasteiger partial charge is 0 e. The number of hydrogen-bond donors (Lipinski definition) is 0. The summed E-state index contributed by atoms with van der Waals surface area (Å²) in [6.45, 7) is 8.72. The Morgan fingerprint density at radius 3 is 0.943 bits per heavy atom. The van der Waals surface area contributed by atoms with Gasteiger partial charge in [0.25, 0.3) is 0 Å². The maximum Gasteiger partial charge on any atom is 0 e. The minimum Gasteiger partial charge on any atom is -0.184 e. The molecule has 3 heteroatoms. The van der Waals surface area contributed by atoms with Gasteiger partial charge in [0.1, 0.15) is 0 Å². The Hall–Kier alpha value is -1.60. The third-order valence-corrected chi connectivity index (χ3v) is 7.10. The SMILES string of the molecule is CCCC.CCCC.[Pd].[c-]1ccc(Pc2ccccc2)cc1.c1ccc(Pc2ccccc2)cc1. The van der Waals surface area contributed by atoms with Crippen LogP contribution in [-0.2, 0) is 20.4 Å². The summed E-state index contributed by atoms with van der Waals surface area (Å²) in [6, 6.07) is 42.9. The van der Waals surface area contributed by atoms with Crippen LogP contribution in [0.1, 0.15) is 53.4 Å².